The Morgan fingerprint density at radius 3 is 2.21 bits per heavy atom. The van der Waals surface area contributed by atoms with E-state index in [9.17, 15) is 14.0 Å². The number of nitrogen functional groups attached to an aromatic ring is 1. The first kappa shape index (κ1) is 12.1. The molecule has 4 nitrogen and oxygen atoms in total. The van der Waals surface area contributed by atoms with E-state index in [1.165, 1.54) is 12.1 Å². The van der Waals surface area contributed by atoms with Crippen LogP contribution in [0.4, 0.5) is 15.8 Å². The van der Waals surface area contributed by atoms with Gasteiger partial charge >= 0.3 is 0 Å². The van der Waals surface area contributed by atoms with Crippen LogP contribution in [0.2, 0.25) is 0 Å². The van der Waals surface area contributed by atoms with Gasteiger partial charge in [-0.15, -0.1) is 0 Å². The second-order valence-electron chi connectivity index (χ2n) is 5.21. The average molecular weight is 262 g/mol. The van der Waals surface area contributed by atoms with E-state index in [1.807, 2.05) is 0 Å². The van der Waals surface area contributed by atoms with E-state index >= 15 is 0 Å². The lowest BCUT2D eigenvalue weighted by atomic mass is 9.81. The summed E-state index contributed by atoms with van der Waals surface area (Å²) in [5.41, 5.74) is 6.17. The lowest BCUT2D eigenvalue weighted by Gasteiger charge is -2.19. The Balaban J connectivity index is 2.00. The van der Waals surface area contributed by atoms with E-state index in [0.717, 1.165) is 36.6 Å². The van der Waals surface area contributed by atoms with Crippen LogP contribution in [0.5, 0.6) is 0 Å². The van der Waals surface area contributed by atoms with Crippen LogP contribution in [0.25, 0.3) is 0 Å². The number of anilines is 2. The molecule has 19 heavy (non-hydrogen) atoms. The SMILES string of the molecule is Nc1cc(F)ccc1N1C(=O)C2CCCCC2C1=O. The number of rotatable bonds is 1. The van der Waals surface area contributed by atoms with Crippen molar-refractivity contribution in [3.05, 3.63) is 24.0 Å². The molecular weight excluding hydrogens is 247 g/mol. The maximum atomic E-state index is 13.1. The number of nitrogens with zero attached hydrogens (tertiary/aromatic N) is 1. The minimum atomic E-state index is -0.474. The summed E-state index contributed by atoms with van der Waals surface area (Å²) >= 11 is 0. The van der Waals surface area contributed by atoms with Gasteiger partial charge in [0.05, 0.1) is 23.2 Å². The van der Waals surface area contributed by atoms with Crippen molar-refractivity contribution >= 4 is 23.2 Å². The van der Waals surface area contributed by atoms with Crippen LogP contribution in [-0.2, 0) is 9.59 Å². The second-order valence-corrected chi connectivity index (χ2v) is 5.21. The highest BCUT2D eigenvalue weighted by molar-refractivity contribution is 6.23. The Bertz CT molecular complexity index is 534. The number of halogens is 1. The van der Waals surface area contributed by atoms with Gasteiger partial charge < -0.3 is 5.73 Å². The van der Waals surface area contributed by atoms with Crippen molar-refractivity contribution in [1.82, 2.24) is 0 Å². The maximum absolute atomic E-state index is 13.1. The largest absolute Gasteiger partial charge is 0.397 e. The molecule has 2 amide bonds. The van der Waals surface area contributed by atoms with Gasteiger partial charge in [-0.1, -0.05) is 12.8 Å². The highest BCUT2D eigenvalue weighted by Crippen LogP contribution is 2.41. The summed E-state index contributed by atoms with van der Waals surface area (Å²) in [5, 5.41) is 0. The Hall–Kier alpha value is -1.91. The average Bonchev–Trinajstić information content (AvgIpc) is 2.64. The van der Waals surface area contributed by atoms with Crippen molar-refractivity contribution in [2.45, 2.75) is 25.7 Å². The molecule has 2 fully saturated rings. The zero-order chi connectivity index (χ0) is 13.6. The smallest absolute Gasteiger partial charge is 0.237 e. The van der Waals surface area contributed by atoms with Gasteiger partial charge in [0.25, 0.3) is 0 Å². The van der Waals surface area contributed by atoms with Crippen molar-refractivity contribution in [1.29, 1.82) is 0 Å². The number of imide groups is 1. The summed E-state index contributed by atoms with van der Waals surface area (Å²) in [5.74, 6) is -1.28. The van der Waals surface area contributed by atoms with Crippen molar-refractivity contribution in [2.24, 2.45) is 11.8 Å². The molecule has 2 unspecified atom stereocenters. The van der Waals surface area contributed by atoms with Gasteiger partial charge in [-0.05, 0) is 31.0 Å². The molecule has 0 aromatic heterocycles. The molecule has 2 N–H and O–H groups in total. The van der Waals surface area contributed by atoms with Crippen LogP contribution in [-0.4, -0.2) is 11.8 Å². The van der Waals surface area contributed by atoms with E-state index < -0.39 is 5.82 Å². The molecule has 100 valence electrons. The molecule has 3 rings (SSSR count). The van der Waals surface area contributed by atoms with E-state index in [0.29, 0.717) is 5.69 Å². The van der Waals surface area contributed by atoms with Crippen molar-refractivity contribution < 1.29 is 14.0 Å². The van der Waals surface area contributed by atoms with Gasteiger partial charge in [0.15, 0.2) is 0 Å². The van der Waals surface area contributed by atoms with Crippen molar-refractivity contribution in [3.8, 4) is 0 Å². The molecule has 5 heteroatoms. The summed E-state index contributed by atoms with van der Waals surface area (Å²) in [7, 11) is 0. The summed E-state index contributed by atoms with van der Waals surface area (Å²) in [4.78, 5) is 25.8. The fourth-order valence-electron chi connectivity index (χ4n) is 3.13. The molecule has 1 saturated heterocycles. The fraction of sp³-hybridized carbons (Fsp3) is 0.429. The van der Waals surface area contributed by atoms with E-state index in [-0.39, 0.29) is 29.3 Å². The third-order valence-corrected chi connectivity index (χ3v) is 4.07. The number of amides is 2. The van der Waals surface area contributed by atoms with Gasteiger partial charge in [0.1, 0.15) is 5.82 Å². The van der Waals surface area contributed by atoms with E-state index in [2.05, 4.69) is 0 Å². The first-order valence-corrected chi connectivity index (χ1v) is 6.52. The van der Waals surface area contributed by atoms with Gasteiger partial charge in [-0.25, -0.2) is 9.29 Å². The van der Waals surface area contributed by atoms with Crippen molar-refractivity contribution in [2.75, 3.05) is 10.6 Å². The summed E-state index contributed by atoms with van der Waals surface area (Å²) in [6.45, 7) is 0. The lowest BCUT2D eigenvalue weighted by Crippen LogP contribution is -2.31. The number of hydrogen-bond acceptors (Lipinski definition) is 3. The van der Waals surface area contributed by atoms with E-state index in [4.69, 9.17) is 5.73 Å². The van der Waals surface area contributed by atoms with Gasteiger partial charge in [0, 0.05) is 0 Å². The third kappa shape index (κ3) is 1.80. The predicted octanol–water partition coefficient (Wildman–Crippen LogP) is 2.09. The minimum Gasteiger partial charge on any atom is -0.397 e. The number of fused-ring (bicyclic) bond motifs is 1. The van der Waals surface area contributed by atoms with Gasteiger partial charge in [0.2, 0.25) is 11.8 Å². The predicted molar refractivity (Wildman–Crippen MR) is 68.8 cm³/mol. The summed E-state index contributed by atoms with van der Waals surface area (Å²) in [6, 6.07) is 3.75. The molecule has 1 aromatic carbocycles. The zero-order valence-electron chi connectivity index (χ0n) is 10.4. The minimum absolute atomic E-state index is 0.125. The number of carbonyl (C=O) groups is 2. The Morgan fingerprint density at radius 2 is 1.68 bits per heavy atom. The molecule has 0 radical (unpaired) electrons. The zero-order valence-corrected chi connectivity index (χ0v) is 10.4. The van der Waals surface area contributed by atoms with Gasteiger partial charge in [-0.3, -0.25) is 9.59 Å². The van der Waals surface area contributed by atoms with Crippen LogP contribution in [0.1, 0.15) is 25.7 Å². The lowest BCUT2D eigenvalue weighted by molar-refractivity contribution is -0.122. The van der Waals surface area contributed by atoms with Gasteiger partial charge in [-0.2, -0.15) is 0 Å². The second kappa shape index (κ2) is 4.33. The first-order valence-electron chi connectivity index (χ1n) is 6.52. The highest BCUT2D eigenvalue weighted by Gasteiger charge is 2.49. The first-order chi connectivity index (χ1) is 9.09. The van der Waals surface area contributed by atoms with Crippen LogP contribution < -0.4 is 10.6 Å². The monoisotopic (exact) mass is 262 g/mol. The van der Waals surface area contributed by atoms with Crippen LogP contribution in [0, 0.1) is 17.7 Å². The molecule has 0 bridgehead atoms. The molecule has 1 saturated carbocycles. The molecule has 2 aliphatic rings. The molecule has 2 atom stereocenters. The molecule has 1 aromatic rings. The molecule has 1 aliphatic carbocycles. The number of carbonyl (C=O) groups excluding carboxylic acids is 2. The highest BCUT2D eigenvalue weighted by atomic mass is 19.1. The summed E-state index contributed by atoms with van der Waals surface area (Å²) < 4.78 is 13.1. The molecule has 0 spiro atoms. The maximum Gasteiger partial charge on any atom is 0.237 e. The Labute approximate surface area is 110 Å². The molecular formula is C14H15FN2O2. The van der Waals surface area contributed by atoms with Crippen LogP contribution >= 0.6 is 0 Å². The third-order valence-electron chi connectivity index (χ3n) is 4.07. The van der Waals surface area contributed by atoms with Crippen molar-refractivity contribution in [3.63, 3.8) is 0 Å². The van der Waals surface area contributed by atoms with E-state index in [1.54, 1.807) is 0 Å². The quantitative estimate of drug-likeness (QED) is 0.622. The number of hydrogen-bond donors (Lipinski definition) is 1. The standard InChI is InChI=1S/C14H15FN2O2/c15-8-5-6-12(11(16)7-8)17-13(18)9-3-1-2-4-10(9)14(17)19/h5-7,9-10H,1-4,16H2. The summed E-state index contributed by atoms with van der Waals surface area (Å²) in [6.07, 6.45) is 3.47. The molecule has 1 heterocycles. The Kier molecular flexibility index (Phi) is 2.77. The number of nitrogens with two attached hydrogens (primary N) is 1. The Morgan fingerprint density at radius 1 is 1.11 bits per heavy atom. The van der Waals surface area contributed by atoms with Crippen LogP contribution in [0.15, 0.2) is 18.2 Å². The molecule has 1 aliphatic heterocycles. The topological polar surface area (TPSA) is 63.4 Å². The van der Waals surface area contributed by atoms with Crippen LogP contribution in [0.3, 0.4) is 0 Å². The number of benzene rings is 1. The fourth-order valence-corrected chi connectivity index (χ4v) is 3.13. The normalized spacial score (nSPS) is 26.7.